The molecule has 3 N–H and O–H groups in total. The molecule has 10 heteroatoms. The summed E-state index contributed by atoms with van der Waals surface area (Å²) in [5.74, 6) is 0.538. The van der Waals surface area contributed by atoms with E-state index in [-0.39, 0.29) is 17.6 Å². The molecular weight excluding hydrogens is 386 g/mol. The molecule has 1 heterocycles. The third-order valence-electron chi connectivity index (χ3n) is 3.39. The van der Waals surface area contributed by atoms with E-state index >= 15 is 0 Å². The lowest BCUT2D eigenvalue weighted by Crippen LogP contribution is -2.45. The topological polar surface area (TPSA) is 105 Å². The van der Waals surface area contributed by atoms with E-state index in [0.29, 0.717) is 16.0 Å². The highest BCUT2D eigenvalue weighted by Crippen LogP contribution is 2.28. The average molecular weight is 410 g/mol. The Balaban J connectivity index is 1.77. The predicted octanol–water partition coefficient (Wildman–Crippen LogP) is 2.41. The van der Waals surface area contributed by atoms with Gasteiger partial charge >= 0.3 is 0 Å². The molecule has 2 aromatic rings. The molecule has 2 rings (SSSR count). The van der Waals surface area contributed by atoms with Crippen LogP contribution >= 0.6 is 23.1 Å². The van der Waals surface area contributed by atoms with Gasteiger partial charge in [0.25, 0.3) is 0 Å². The van der Waals surface area contributed by atoms with Crippen molar-refractivity contribution in [3.63, 3.8) is 0 Å². The Morgan fingerprint density at radius 3 is 2.67 bits per heavy atom. The van der Waals surface area contributed by atoms with Gasteiger partial charge in [-0.15, -0.1) is 10.2 Å². The van der Waals surface area contributed by atoms with E-state index in [2.05, 4.69) is 26.1 Å². The summed E-state index contributed by atoms with van der Waals surface area (Å²) in [6.45, 7) is 4.23. The fourth-order valence-corrected chi connectivity index (χ4v) is 3.58. The van der Waals surface area contributed by atoms with Crippen LogP contribution in [0.5, 0.6) is 5.75 Å². The van der Waals surface area contributed by atoms with Crippen LogP contribution < -0.4 is 20.7 Å². The van der Waals surface area contributed by atoms with Gasteiger partial charge in [-0.1, -0.05) is 30.0 Å². The molecule has 146 valence electrons. The zero-order valence-corrected chi connectivity index (χ0v) is 17.1. The van der Waals surface area contributed by atoms with Crippen molar-refractivity contribution in [2.24, 2.45) is 0 Å². The van der Waals surface area contributed by atoms with E-state index in [9.17, 15) is 9.59 Å². The van der Waals surface area contributed by atoms with E-state index in [1.54, 1.807) is 14.0 Å². The molecule has 0 aliphatic rings. The first kappa shape index (κ1) is 21.0. The standard InChI is InChI=1S/C17H23N5O3S2/c1-4-9-18-15(24)11(2)19-14(23)10-26-17-22-21-16(27-17)20-12-5-7-13(25-3)8-6-12/h5-8,11H,4,9-10H2,1-3H3,(H,18,24)(H,19,23)(H,20,21)/t11-/m1/s1. The van der Waals surface area contributed by atoms with Gasteiger partial charge in [0.1, 0.15) is 11.8 Å². The average Bonchev–Trinajstić information content (AvgIpc) is 3.12. The van der Waals surface area contributed by atoms with Crippen LogP contribution in [-0.2, 0) is 9.59 Å². The molecule has 1 aromatic heterocycles. The van der Waals surface area contributed by atoms with Crippen molar-refractivity contribution in [1.29, 1.82) is 0 Å². The van der Waals surface area contributed by atoms with Crippen LogP contribution in [-0.4, -0.2) is 47.5 Å². The fourth-order valence-electron chi connectivity index (χ4n) is 1.99. The van der Waals surface area contributed by atoms with E-state index in [0.717, 1.165) is 17.9 Å². The van der Waals surface area contributed by atoms with Crippen LogP contribution in [0.3, 0.4) is 0 Å². The highest BCUT2D eigenvalue weighted by atomic mass is 32.2. The molecule has 0 spiro atoms. The molecule has 8 nitrogen and oxygen atoms in total. The summed E-state index contributed by atoms with van der Waals surface area (Å²) < 4.78 is 5.79. The minimum absolute atomic E-state index is 0.169. The van der Waals surface area contributed by atoms with Crippen LogP contribution in [0.15, 0.2) is 28.6 Å². The van der Waals surface area contributed by atoms with Gasteiger partial charge in [-0.2, -0.15) is 0 Å². The summed E-state index contributed by atoms with van der Waals surface area (Å²) in [7, 11) is 1.62. The maximum Gasteiger partial charge on any atom is 0.242 e. The maximum absolute atomic E-state index is 12.0. The predicted molar refractivity (Wildman–Crippen MR) is 108 cm³/mol. The fraction of sp³-hybridized carbons (Fsp3) is 0.412. The normalized spacial score (nSPS) is 11.5. The lowest BCUT2D eigenvalue weighted by Gasteiger charge is -2.13. The molecule has 0 aliphatic carbocycles. The van der Waals surface area contributed by atoms with Crippen LogP contribution in [0.1, 0.15) is 20.3 Å². The molecular formula is C17H23N5O3S2. The second kappa shape index (κ2) is 10.7. The van der Waals surface area contributed by atoms with Crippen molar-refractivity contribution in [2.45, 2.75) is 30.6 Å². The number of anilines is 2. The third kappa shape index (κ3) is 7.06. The smallest absolute Gasteiger partial charge is 0.242 e. The van der Waals surface area contributed by atoms with Crippen LogP contribution in [0.2, 0.25) is 0 Å². The highest BCUT2D eigenvalue weighted by molar-refractivity contribution is 8.01. The number of nitrogens with zero attached hydrogens (tertiary/aromatic N) is 2. The number of hydrogen-bond acceptors (Lipinski definition) is 8. The Hall–Kier alpha value is -2.33. The summed E-state index contributed by atoms with van der Waals surface area (Å²) in [6.07, 6.45) is 0.853. The van der Waals surface area contributed by atoms with Gasteiger partial charge < -0.3 is 20.7 Å². The Labute approximate surface area is 166 Å². The van der Waals surface area contributed by atoms with Crippen molar-refractivity contribution in [3.8, 4) is 5.75 Å². The molecule has 0 unspecified atom stereocenters. The van der Waals surface area contributed by atoms with Crippen molar-refractivity contribution in [3.05, 3.63) is 24.3 Å². The lowest BCUT2D eigenvalue weighted by atomic mass is 10.3. The van der Waals surface area contributed by atoms with Gasteiger partial charge in [-0.25, -0.2) is 0 Å². The van der Waals surface area contributed by atoms with Crippen LogP contribution in [0.25, 0.3) is 0 Å². The molecule has 1 aromatic carbocycles. The monoisotopic (exact) mass is 409 g/mol. The van der Waals surface area contributed by atoms with Crippen LogP contribution in [0.4, 0.5) is 10.8 Å². The number of rotatable bonds is 10. The molecule has 0 radical (unpaired) electrons. The zero-order chi connectivity index (χ0) is 19.6. The number of benzene rings is 1. The third-order valence-corrected chi connectivity index (χ3v) is 5.37. The summed E-state index contributed by atoms with van der Waals surface area (Å²) in [6, 6.07) is 6.89. The number of ether oxygens (including phenoxy) is 1. The molecule has 2 amide bonds. The molecule has 27 heavy (non-hydrogen) atoms. The van der Waals surface area contributed by atoms with Gasteiger partial charge in [0.05, 0.1) is 12.9 Å². The second-order valence-electron chi connectivity index (χ2n) is 5.60. The minimum atomic E-state index is -0.564. The van der Waals surface area contributed by atoms with E-state index < -0.39 is 6.04 Å². The summed E-state index contributed by atoms with van der Waals surface area (Å²) in [5, 5.41) is 17.3. The van der Waals surface area contributed by atoms with Gasteiger partial charge in [0.2, 0.25) is 16.9 Å². The molecule has 1 atom stereocenters. The first-order chi connectivity index (χ1) is 13.0. The Bertz CT molecular complexity index is 751. The largest absolute Gasteiger partial charge is 0.497 e. The Morgan fingerprint density at radius 1 is 1.26 bits per heavy atom. The Kier molecular flexibility index (Phi) is 8.34. The number of nitrogens with one attached hydrogen (secondary N) is 3. The molecule has 0 saturated heterocycles. The maximum atomic E-state index is 12.0. The van der Waals surface area contributed by atoms with E-state index in [1.807, 2.05) is 31.2 Å². The number of aromatic nitrogens is 2. The summed E-state index contributed by atoms with van der Waals surface area (Å²) in [4.78, 5) is 23.7. The molecule has 0 aliphatic heterocycles. The summed E-state index contributed by atoms with van der Waals surface area (Å²) >= 11 is 2.63. The van der Waals surface area contributed by atoms with Gasteiger partial charge in [-0.05, 0) is 37.6 Å². The molecule has 0 fully saturated rings. The van der Waals surface area contributed by atoms with Gasteiger partial charge in [0, 0.05) is 12.2 Å². The highest BCUT2D eigenvalue weighted by Gasteiger charge is 2.15. The summed E-state index contributed by atoms with van der Waals surface area (Å²) in [5.41, 5.74) is 0.869. The number of carbonyl (C=O) groups excluding carboxylic acids is 2. The minimum Gasteiger partial charge on any atom is -0.497 e. The van der Waals surface area contributed by atoms with Crippen molar-refractivity contribution < 1.29 is 14.3 Å². The quantitative estimate of drug-likeness (QED) is 0.518. The Morgan fingerprint density at radius 2 is 2.00 bits per heavy atom. The SMILES string of the molecule is CCCNC(=O)[C@@H](C)NC(=O)CSc1nnc(Nc2ccc(OC)cc2)s1. The number of hydrogen-bond donors (Lipinski definition) is 3. The van der Waals surface area contributed by atoms with Gasteiger partial charge in [-0.3, -0.25) is 9.59 Å². The van der Waals surface area contributed by atoms with E-state index in [4.69, 9.17) is 4.74 Å². The van der Waals surface area contributed by atoms with E-state index in [1.165, 1.54) is 23.1 Å². The molecule has 0 bridgehead atoms. The first-order valence-corrected chi connectivity index (χ1v) is 10.3. The zero-order valence-electron chi connectivity index (χ0n) is 15.4. The lowest BCUT2D eigenvalue weighted by molar-refractivity contribution is -0.127. The van der Waals surface area contributed by atoms with Crippen molar-refractivity contribution >= 4 is 45.7 Å². The van der Waals surface area contributed by atoms with Crippen molar-refractivity contribution in [2.75, 3.05) is 24.7 Å². The second-order valence-corrected chi connectivity index (χ2v) is 7.80. The molecule has 0 saturated carbocycles. The number of carbonyl (C=O) groups is 2. The first-order valence-electron chi connectivity index (χ1n) is 8.46. The number of methoxy groups -OCH3 is 1. The van der Waals surface area contributed by atoms with Gasteiger partial charge in [0.15, 0.2) is 4.34 Å². The van der Waals surface area contributed by atoms with Crippen molar-refractivity contribution in [1.82, 2.24) is 20.8 Å². The number of thioether (sulfide) groups is 1. The van der Waals surface area contributed by atoms with Crippen LogP contribution in [0, 0.1) is 0 Å². The number of amides is 2.